The fraction of sp³-hybridized carbons (Fsp3) is 0.231. The molecule has 0 fully saturated rings. The summed E-state index contributed by atoms with van der Waals surface area (Å²) in [4.78, 5) is 22.3. The van der Waals surface area contributed by atoms with E-state index in [1.807, 2.05) is 6.92 Å². The molecule has 0 atom stereocenters. The first-order chi connectivity index (χ1) is 8.40. The first-order valence-corrected chi connectivity index (χ1v) is 5.43. The Bertz CT molecular complexity index is 495. The lowest BCUT2D eigenvalue weighted by atomic mass is 10.1. The van der Waals surface area contributed by atoms with E-state index in [1.165, 1.54) is 12.1 Å². The van der Waals surface area contributed by atoms with Crippen molar-refractivity contribution in [1.82, 2.24) is 5.32 Å². The molecule has 0 aliphatic carbocycles. The summed E-state index contributed by atoms with van der Waals surface area (Å²) in [6.45, 7) is 7.63. The molecule has 0 radical (unpaired) electrons. The Morgan fingerprint density at radius 3 is 2.56 bits per heavy atom. The van der Waals surface area contributed by atoms with Crippen LogP contribution in [0.15, 0.2) is 30.4 Å². The van der Waals surface area contributed by atoms with Crippen LogP contribution in [0.1, 0.15) is 22.8 Å². The maximum absolute atomic E-state index is 11.5. The minimum absolute atomic E-state index is 0.195. The van der Waals surface area contributed by atoms with Crippen LogP contribution < -0.4 is 10.6 Å². The summed E-state index contributed by atoms with van der Waals surface area (Å²) in [7, 11) is 0. The average Bonchev–Trinajstić information content (AvgIpc) is 2.29. The second kappa shape index (κ2) is 5.86. The van der Waals surface area contributed by atoms with Crippen molar-refractivity contribution in [2.75, 3.05) is 11.9 Å². The van der Waals surface area contributed by atoms with Gasteiger partial charge in [0.05, 0.1) is 5.56 Å². The lowest BCUT2D eigenvalue weighted by Crippen LogP contribution is -2.30. The fourth-order valence-corrected chi connectivity index (χ4v) is 1.33. The first-order valence-electron chi connectivity index (χ1n) is 5.43. The molecule has 0 saturated carbocycles. The van der Waals surface area contributed by atoms with Crippen molar-refractivity contribution in [2.24, 2.45) is 0 Å². The van der Waals surface area contributed by atoms with Crippen molar-refractivity contribution in [2.45, 2.75) is 13.8 Å². The molecular formula is C13H16N2O3. The fourth-order valence-electron chi connectivity index (χ4n) is 1.33. The number of rotatable bonds is 4. The highest BCUT2D eigenvalue weighted by atomic mass is 16.4. The molecule has 0 heterocycles. The molecule has 5 heteroatoms. The van der Waals surface area contributed by atoms with Gasteiger partial charge in [-0.15, -0.1) is 0 Å². The minimum Gasteiger partial charge on any atom is -0.478 e. The second-order valence-corrected chi connectivity index (χ2v) is 4.10. The van der Waals surface area contributed by atoms with E-state index in [-0.39, 0.29) is 11.6 Å². The summed E-state index contributed by atoms with van der Waals surface area (Å²) in [5, 5.41) is 14.1. The monoisotopic (exact) mass is 248 g/mol. The van der Waals surface area contributed by atoms with E-state index in [1.54, 1.807) is 13.0 Å². The van der Waals surface area contributed by atoms with Gasteiger partial charge in [-0.05, 0) is 37.6 Å². The van der Waals surface area contributed by atoms with E-state index < -0.39 is 5.97 Å². The van der Waals surface area contributed by atoms with Crippen molar-refractivity contribution in [3.63, 3.8) is 0 Å². The molecule has 1 rings (SSSR count). The molecule has 1 aromatic rings. The van der Waals surface area contributed by atoms with Crippen LogP contribution in [0.5, 0.6) is 0 Å². The number of benzene rings is 1. The quantitative estimate of drug-likeness (QED) is 0.716. The molecule has 5 nitrogen and oxygen atoms in total. The average molecular weight is 248 g/mol. The van der Waals surface area contributed by atoms with Gasteiger partial charge in [0.1, 0.15) is 0 Å². The maximum Gasteiger partial charge on any atom is 0.335 e. The number of urea groups is 1. The minimum atomic E-state index is -0.989. The van der Waals surface area contributed by atoms with Gasteiger partial charge in [0.25, 0.3) is 0 Å². The van der Waals surface area contributed by atoms with Gasteiger partial charge in [-0.3, -0.25) is 0 Å². The van der Waals surface area contributed by atoms with Crippen LogP contribution in [0, 0.1) is 6.92 Å². The molecule has 0 unspecified atom stereocenters. The van der Waals surface area contributed by atoms with Crippen LogP contribution in [0.4, 0.5) is 10.5 Å². The molecule has 0 aliphatic rings. The number of hydrogen-bond donors (Lipinski definition) is 3. The van der Waals surface area contributed by atoms with E-state index in [0.29, 0.717) is 17.8 Å². The van der Waals surface area contributed by atoms with Crippen LogP contribution in [0.25, 0.3) is 0 Å². The zero-order chi connectivity index (χ0) is 13.7. The van der Waals surface area contributed by atoms with Gasteiger partial charge in [-0.2, -0.15) is 0 Å². The maximum atomic E-state index is 11.5. The van der Waals surface area contributed by atoms with Gasteiger partial charge in [0.15, 0.2) is 0 Å². The number of aryl methyl sites for hydroxylation is 1. The zero-order valence-electron chi connectivity index (χ0n) is 10.4. The van der Waals surface area contributed by atoms with Crippen molar-refractivity contribution < 1.29 is 14.7 Å². The zero-order valence-corrected chi connectivity index (χ0v) is 10.4. The Balaban J connectivity index is 2.70. The molecule has 0 saturated heterocycles. The van der Waals surface area contributed by atoms with Crippen LogP contribution in [0.3, 0.4) is 0 Å². The van der Waals surface area contributed by atoms with Crippen molar-refractivity contribution in [3.05, 3.63) is 41.5 Å². The Labute approximate surface area is 106 Å². The molecule has 3 N–H and O–H groups in total. The number of anilines is 1. The number of carboxylic acid groups (broad SMARTS) is 1. The summed E-state index contributed by atoms with van der Waals surface area (Å²) < 4.78 is 0. The molecule has 96 valence electrons. The summed E-state index contributed by atoms with van der Waals surface area (Å²) in [5.41, 5.74) is 2.32. The summed E-state index contributed by atoms with van der Waals surface area (Å²) in [6, 6.07) is 4.18. The number of carbonyl (C=O) groups excluding carboxylic acids is 1. The third-order valence-electron chi connectivity index (χ3n) is 2.27. The molecule has 0 spiro atoms. The Morgan fingerprint density at radius 1 is 1.39 bits per heavy atom. The first kappa shape index (κ1) is 13.8. The highest BCUT2D eigenvalue weighted by Crippen LogP contribution is 2.16. The van der Waals surface area contributed by atoms with Crippen LogP contribution >= 0.6 is 0 Å². The number of hydrogen-bond acceptors (Lipinski definition) is 2. The Morgan fingerprint density at radius 2 is 2.06 bits per heavy atom. The lowest BCUT2D eigenvalue weighted by Gasteiger charge is -2.10. The SMILES string of the molecule is C=C(C)CNC(=O)Nc1ccc(C(=O)O)cc1C. The van der Waals surface area contributed by atoms with Crippen molar-refractivity contribution >= 4 is 17.7 Å². The number of aromatic carboxylic acids is 1. The lowest BCUT2D eigenvalue weighted by molar-refractivity contribution is 0.0697. The van der Waals surface area contributed by atoms with Gasteiger partial charge >= 0.3 is 12.0 Å². The van der Waals surface area contributed by atoms with Crippen LogP contribution in [0.2, 0.25) is 0 Å². The van der Waals surface area contributed by atoms with E-state index in [9.17, 15) is 9.59 Å². The normalized spacial score (nSPS) is 9.67. The molecule has 2 amide bonds. The molecule has 18 heavy (non-hydrogen) atoms. The molecule has 0 aromatic heterocycles. The second-order valence-electron chi connectivity index (χ2n) is 4.10. The summed E-state index contributed by atoms with van der Waals surface area (Å²) in [5.74, 6) is -0.989. The van der Waals surface area contributed by atoms with Crippen LogP contribution in [-0.4, -0.2) is 23.7 Å². The van der Waals surface area contributed by atoms with Crippen LogP contribution in [-0.2, 0) is 0 Å². The topological polar surface area (TPSA) is 78.4 Å². The number of nitrogens with one attached hydrogen (secondary N) is 2. The number of carboxylic acids is 1. The third kappa shape index (κ3) is 3.93. The largest absolute Gasteiger partial charge is 0.478 e. The van der Waals surface area contributed by atoms with Crippen molar-refractivity contribution in [1.29, 1.82) is 0 Å². The van der Waals surface area contributed by atoms with E-state index >= 15 is 0 Å². The highest BCUT2D eigenvalue weighted by Gasteiger charge is 2.07. The molecule has 0 bridgehead atoms. The smallest absolute Gasteiger partial charge is 0.335 e. The Kier molecular flexibility index (Phi) is 4.48. The highest BCUT2D eigenvalue weighted by molar-refractivity contribution is 5.92. The molecule has 1 aromatic carbocycles. The third-order valence-corrected chi connectivity index (χ3v) is 2.27. The van der Waals surface area contributed by atoms with Gasteiger partial charge < -0.3 is 15.7 Å². The number of amides is 2. The van der Waals surface area contributed by atoms with E-state index in [2.05, 4.69) is 17.2 Å². The molecular weight excluding hydrogens is 232 g/mol. The Hall–Kier alpha value is -2.30. The summed E-state index contributed by atoms with van der Waals surface area (Å²) in [6.07, 6.45) is 0. The summed E-state index contributed by atoms with van der Waals surface area (Å²) >= 11 is 0. The van der Waals surface area contributed by atoms with E-state index in [4.69, 9.17) is 5.11 Å². The predicted molar refractivity (Wildman–Crippen MR) is 70.0 cm³/mol. The van der Waals surface area contributed by atoms with E-state index in [0.717, 1.165) is 5.57 Å². The molecule has 0 aliphatic heterocycles. The van der Waals surface area contributed by atoms with Gasteiger partial charge in [0.2, 0.25) is 0 Å². The van der Waals surface area contributed by atoms with Gasteiger partial charge in [0, 0.05) is 12.2 Å². The van der Waals surface area contributed by atoms with Gasteiger partial charge in [-0.1, -0.05) is 12.2 Å². The standard InChI is InChI=1S/C13H16N2O3/c1-8(2)7-14-13(18)15-11-5-4-10(12(16)17)6-9(11)3/h4-6H,1,7H2,2-3H3,(H,16,17)(H2,14,15,18). The van der Waals surface area contributed by atoms with Crippen molar-refractivity contribution in [3.8, 4) is 0 Å². The van der Waals surface area contributed by atoms with Gasteiger partial charge in [-0.25, -0.2) is 9.59 Å². The number of carbonyl (C=O) groups is 2. The predicted octanol–water partition coefficient (Wildman–Crippen LogP) is 2.39.